The lowest BCUT2D eigenvalue weighted by molar-refractivity contribution is 0.750. The van der Waals surface area contributed by atoms with E-state index in [0.717, 1.165) is 0 Å². The lowest BCUT2D eigenvalue weighted by Gasteiger charge is -2.01. The minimum absolute atomic E-state index is 0.0766. The molecule has 2 nitrogen and oxygen atoms in total. The fourth-order valence-corrected chi connectivity index (χ4v) is 1.92. The standard InChI is InChI=1S/C20H22N2/c1-17(13-15-19-9-5-3-6-10-19)21-22-18(2)14-16-20-11-7-4-8-12-20/h3-18H,1-2H3/b15-13+,16-14+,22-21?/t17-,18-/m1/s1. The van der Waals surface area contributed by atoms with Gasteiger partial charge in [0, 0.05) is 0 Å². The van der Waals surface area contributed by atoms with Crippen molar-refractivity contribution in [1.82, 2.24) is 0 Å². The molecule has 0 heterocycles. The highest BCUT2D eigenvalue weighted by Gasteiger charge is 1.96. The average Bonchev–Trinajstić information content (AvgIpc) is 2.58. The van der Waals surface area contributed by atoms with Crippen molar-refractivity contribution in [2.45, 2.75) is 25.9 Å². The Hall–Kier alpha value is -2.48. The first-order chi connectivity index (χ1) is 10.7. The van der Waals surface area contributed by atoms with E-state index in [1.807, 2.05) is 50.2 Å². The summed E-state index contributed by atoms with van der Waals surface area (Å²) in [5.74, 6) is 0. The van der Waals surface area contributed by atoms with Crippen LogP contribution in [0.25, 0.3) is 12.2 Å². The van der Waals surface area contributed by atoms with E-state index in [-0.39, 0.29) is 12.1 Å². The number of azo groups is 1. The highest BCUT2D eigenvalue weighted by Crippen LogP contribution is 2.06. The smallest absolute Gasteiger partial charge is 0.0864 e. The Morgan fingerprint density at radius 3 is 1.36 bits per heavy atom. The van der Waals surface area contributed by atoms with Crippen molar-refractivity contribution >= 4 is 12.2 Å². The van der Waals surface area contributed by atoms with Gasteiger partial charge in [0.05, 0.1) is 12.1 Å². The van der Waals surface area contributed by atoms with Crippen LogP contribution in [0.15, 0.2) is 83.0 Å². The van der Waals surface area contributed by atoms with Gasteiger partial charge in [-0.3, -0.25) is 0 Å². The largest absolute Gasteiger partial charge is 0.186 e. The molecule has 0 radical (unpaired) electrons. The molecule has 0 aliphatic rings. The van der Waals surface area contributed by atoms with Crippen LogP contribution in [-0.2, 0) is 0 Å². The Kier molecular flexibility index (Phi) is 6.31. The normalized spacial score (nSPS) is 14.8. The zero-order valence-corrected chi connectivity index (χ0v) is 13.1. The monoisotopic (exact) mass is 290 g/mol. The van der Waals surface area contributed by atoms with E-state index in [2.05, 4.69) is 58.8 Å². The maximum absolute atomic E-state index is 4.34. The van der Waals surface area contributed by atoms with Gasteiger partial charge in [0.15, 0.2) is 0 Å². The Labute approximate surface area is 132 Å². The Morgan fingerprint density at radius 2 is 1.00 bits per heavy atom. The van der Waals surface area contributed by atoms with Crippen LogP contribution in [-0.4, -0.2) is 12.1 Å². The summed E-state index contributed by atoms with van der Waals surface area (Å²) in [6.45, 7) is 4.08. The van der Waals surface area contributed by atoms with Crippen molar-refractivity contribution in [3.8, 4) is 0 Å². The van der Waals surface area contributed by atoms with Crippen molar-refractivity contribution in [2.24, 2.45) is 10.2 Å². The molecule has 2 atom stereocenters. The Balaban J connectivity index is 1.85. The SMILES string of the molecule is C[C@H](/C=C/c1ccccc1)N=N[C@H](C)/C=C/c1ccccc1. The molecule has 0 spiro atoms. The van der Waals surface area contributed by atoms with Gasteiger partial charge in [-0.1, -0.05) is 85.0 Å². The zero-order chi connectivity index (χ0) is 15.6. The first kappa shape index (κ1) is 15.9. The first-order valence-electron chi connectivity index (χ1n) is 7.60. The molecule has 2 heteroatoms. The van der Waals surface area contributed by atoms with E-state index in [9.17, 15) is 0 Å². The molecule has 0 aromatic heterocycles. The highest BCUT2D eigenvalue weighted by molar-refractivity contribution is 5.50. The fourth-order valence-electron chi connectivity index (χ4n) is 1.92. The van der Waals surface area contributed by atoms with E-state index < -0.39 is 0 Å². The van der Waals surface area contributed by atoms with Crippen LogP contribution < -0.4 is 0 Å². The summed E-state index contributed by atoms with van der Waals surface area (Å²) in [4.78, 5) is 0. The van der Waals surface area contributed by atoms with Gasteiger partial charge in [-0.05, 0) is 25.0 Å². The van der Waals surface area contributed by atoms with Gasteiger partial charge in [0.1, 0.15) is 0 Å². The van der Waals surface area contributed by atoms with Gasteiger partial charge in [-0.25, -0.2) is 0 Å². The van der Waals surface area contributed by atoms with Crippen LogP contribution in [0.5, 0.6) is 0 Å². The van der Waals surface area contributed by atoms with Gasteiger partial charge in [-0.2, -0.15) is 10.2 Å². The Morgan fingerprint density at radius 1 is 0.636 bits per heavy atom. The van der Waals surface area contributed by atoms with Crippen LogP contribution in [0.4, 0.5) is 0 Å². The van der Waals surface area contributed by atoms with E-state index >= 15 is 0 Å². The molecule has 112 valence electrons. The molecule has 2 rings (SSSR count). The summed E-state index contributed by atoms with van der Waals surface area (Å²) in [7, 11) is 0. The molecular formula is C20H22N2. The maximum Gasteiger partial charge on any atom is 0.0864 e. The molecule has 0 N–H and O–H groups in total. The van der Waals surface area contributed by atoms with Crippen molar-refractivity contribution in [1.29, 1.82) is 0 Å². The molecule has 0 saturated carbocycles. The molecule has 0 aliphatic carbocycles. The van der Waals surface area contributed by atoms with Crippen LogP contribution in [0.3, 0.4) is 0 Å². The van der Waals surface area contributed by atoms with Crippen LogP contribution in [0.2, 0.25) is 0 Å². The fraction of sp³-hybridized carbons (Fsp3) is 0.200. The summed E-state index contributed by atoms with van der Waals surface area (Å²) in [5.41, 5.74) is 2.36. The number of rotatable bonds is 6. The van der Waals surface area contributed by atoms with Crippen molar-refractivity contribution in [3.63, 3.8) is 0 Å². The molecule has 0 fully saturated rings. The van der Waals surface area contributed by atoms with Gasteiger partial charge in [0.2, 0.25) is 0 Å². The summed E-state index contributed by atoms with van der Waals surface area (Å²) in [6, 6.07) is 20.6. The lowest BCUT2D eigenvalue weighted by atomic mass is 10.2. The van der Waals surface area contributed by atoms with Crippen molar-refractivity contribution in [3.05, 3.63) is 83.9 Å². The first-order valence-corrected chi connectivity index (χ1v) is 7.60. The second kappa shape index (κ2) is 8.73. The summed E-state index contributed by atoms with van der Waals surface area (Å²) in [5, 5.41) is 8.68. The van der Waals surface area contributed by atoms with E-state index in [4.69, 9.17) is 0 Å². The molecular weight excluding hydrogens is 268 g/mol. The summed E-state index contributed by atoms with van der Waals surface area (Å²) < 4.78 is 0. The predicted molar refractivity (Wildman–Crippen MR) is 94.7 cm³/mol. The van der Waals surface area contributed by atoms with E-state index in [0.29, 0.717) is 0 Å². The van der Waals surface area contributed by atoms with E-state index in [1.54, 1.807) is 0 Å². The predicted octanol–water partition coefficient (Wildman–Crippen LogP) is 5.64. The maximum atomic E-state index is 4.34. The van der Waals surface area contributed by atoms with Gasteiger partial charge >= 0.3 is 0 Å². The summed E-state index contributed by atoms with van der Waals surface area (Å²) >= 11 is 0. The summed E-state index contributed by atoms with van der Waals surface area (Å²) in [6.07, 6.45) is 8.28. The minimum atomic E-state index is 0.0766. The Bertz CT molecular complexity index is 570. The highest BCUT2D eigenvalue weighted by atomic mass is 15.1. The van der Waals surface area contributed by atoms with Crippen molar-refractivity contribution < 1.29 is 0 Å². The molecule has 22 heavy (non-hydrogen) atoms. The van der Waals surface area contributed by atoms with Gasteiger partial charge in [0.25, 0.3) is 0 Å². The van der Waals surface area contributed by atoms with Gasteiger partial charge in [-0.15, -0.1) is 0 Å². The number of hydrogen-bond acceptors (Lipinski definition) is 2. The minimum Gasteiger partial charge on any atom is -0.186 e. The van der Waals surface area contributed by atoms with E-state index in [1.165, 1.54) is 11.1 Å². The molecule has 0 saturated heterocycles. The van der Waals surface area contributed by atoms with Gasteiger partial charge < -0.3 is 0 Å². The average molecular weight is 290 g/mol. The number of benzene rings is 2. The number of nitrogens with zero attached hydrogens (tertiary/aromatic N) is 2. The molecule has 0 bridgehead atoms. The van der Waals surface area contributed by atoms with Crippen LogP contribution in [0, 0.1) is 0 Å². The van der Waals surface area contributed by atoms with Crippen LogP contribution in [0.1, 0.15) is 25.0 Å². The third-order valence-corrected chi connectivity index (χ3v) is 3.16. The zero-order valence-electron chi connectivity index (χ0n) is 13.1. The molecule has 0 aliphatic heterocycles. The topological polar surface area (TPSA) is 24.7 Å². The number of hydrogen-bond donors (Lipinski definition) is 0. The second-order valence-electron chi connectivity index (χ2n) is 5.25. The second-order valence-corrected chi connectivity index (χ2v) is 5.25. The van der Waals surface area contributed by atoms with Crippen molar-refractivity contribution in [2.75, 3.05) is 0 Å². The molecule has 2 aromatic rings. The molecule has 0 unspecified atom stereocenters. The van der Waals surface area contributed by atoms with Crippen LogP contribution >= 0.6 is 0 Å². The third kappa shape index (κ3) is 5.88. The third-order valence-electron chi connectivity index (χ3n) is 3.16. The lowest BCUT2D eigenvalue weighted by Crippen LogP contribution is -1.95. The molecule has 2 aromatic carbocycles. The quantitative estimate of drug-likeness (QED) is 0.615. The molecule has 0 amide bonds.